The molecule has 0 spiro atoms. The van der Waals surface area contributed by atoms with Gasteiger partial charge in [0.1, 0.15) is 10.7 Å². The summed E-state index contributed by atoms with van der Waals surface area (Å²) in [5.74, 6) is 0.648. The van der Waals surface area contributed by atoms with Gasteiger partial charge >= 0.3 is 0 Å². The van der Waals surface area contributed by atoms with Crippen molar-refractivity contribution in [3.63, 3.8) is 0 Å². The van der Waals surface area contributed by atoms with Crippen LogP contribution >= 0.6 is 35.7 Å². The van der Waals surface area contributed by atoms with Gasteiger partial charge in [-0.1, -0.05) is 60.7 Å². The number of nitrogens with zero attached hydrogens (tertiary/aromatic N) is 2. The van der Waals surface area contributed by atoms with Gasteiger partial charge in [0.2, 0.25) is 5.11 Å². The van der Waals surface area contributed by atoms with Crippen molar-refractivity contribution in [2.45, 2.75) is 10.7 Å². The van der Waals surface area contributed by atoms with Gasteiger partial charge in [-0.3, -0.25) is 20.4 Å². The molecule has 2 fully saturated rings. The molecule has 2 N–H and O–H groups in total. The monoisotopic (exact) mass is 430 g/mol. The molecule has 2 atom stereocenters. The van der Waals surface area contributed by atoms with E-state index in [2.05, 4.69) is 10.9 Å². The van der Waals surface area contributed by atoms with Crippen molar-refractivity contribution in [3.8, 4) is 0 Å². The van der Waals surface area contributed by atoms with E-state index in [1.807, 2.05) is 60.7 Å². The summed E-state index contributed by atoms with van der Waals surface area (Å²) in [6.07, 6.45) is 0. The maximum atomic E-state index is 12.4. The van der Waals surface area contributed by atoms with E-state index in [0.717, 1.165) is 11.1 Å². The molecule has 2 unspecified atom stereocenters. The number of carbonyl (C=O) groups excluding carboxylic acids is 2. The second-order valence-corrected chi connectivity index (χ2v) is 8.77. The first kappa shape index (κ1) is 19.1. The van der Waals surface area contributed by atoms with Crippen LogP contribution in [0.25, 0.3) is 0 Å². The molecule has 0 aliphatic carbocycles. The summed E-state index contributed by atoms with van der Waals surface area (Å²) in [5.41, 5.74) is 7.99. The average Bonchev–Trinajstić information content (AvgIpc) is 3.26. The Bertz CT molecular complexity index is 810. The van der Waals surface area contributed by atoms with Gasteiger partial charge in [-0.05, 0) is 23.3 Å². The predicted octanol–water partition coefficient (Wildman–Crippen LogP) is 2.83. The van der Waals surface area contributed by atoms with E-state index in [4.69, 9.17) is 12.2 Å². The summed E-state index contributed by atoms with van der Waals surface area (Å²) in [6.45, 7) is 0. The molecule has 2 aliphatic heterocycles. The summed E-state index contributed by atoms with van der Waals surface area (Å²) < 4.78 is 0. The minimum atomic E-state index is -0.165. The molecule has 2 aromatic carbocycles. The van der Waals surface area contributed by atoms with E-state index >= 15 is 0 Å². The number of nitrogens with one attached hydrogen (secondary N) is 2. The van der Waals surface area contributed by atoms with Crippen molar-refractivity contribution in [3.05, 3.63) is 71.8 Å². The zero-order valence-corrected chi connectivity index (χ0v) is 17.2. The quantitative estimate of drug-likeness (QED) is 0.723. The van der Waals surface area contributed by atoms with Crippen LogP contribution in [0.5, 0.6) is 0 Å². The standard InChI is InChI=1S/C19H18N4O2S3/c24-15-11-27-17(13-7-3-1-4-8-13)22(15)20-19(26)21-23-16(25)12-28-18(23)14-9-5-2-6-10-14/h1-10,17-18H,11-12H2,(H2,20,21,26). The number of benzene rings is 2. The van der Waals surface area contributed by atoms with Crippen LogP contribution in [-0.4, -0.2) is 38.5 Å². The SMILES string of the molecule is O=C1CSC(c2ccccc2)N1NC(=S)NN1C(=O)CSC1c1ccccc1. The average molecular weight is 431 g/mol. The van der Waals surface area contributed by atoms with Crippen LogP contribution in [0.3, 0.4) is 0 Å². The molecule has 2 aromatic rings. The van der Waals surface area contributed by atoms with Crippen LogP contribution in [-0.2, 0) is 9.59 Å². The van der Waals surface area contributed by atoms with Gasteiger partial charge in [-0.2, -0.15) is 0 Å². The second kappa shape index (κ2) is 8.42. The third-order valence-corrected chi connectivity index (χ3v) is 6.96. The summed E-state index contributed by atoms with van der Waals surface area (Å²) in [6, 6.07) is 19.6. The number of thioether (sulfide) groups is 2. The Hall–Kier alpha value is -2.23. The van der Waals surface area contributed by atoms with Crippen LogP contribution in [0.2, 0.25) is 0 Å². The van der Waals surface area contributed by atoms with Gasteiger partial charge in [0.05, 0.1) is 11.5 Å². The van der Waals surface area contributed by atoms with Crippen LogP contribution in [0.4, 0.5) is 0 Å². The van der Waals surface area contributed by atoms with Crippen molar-refractivity contribution in [1.82, 2.24) is 20.9 Å². The number of hydrazine groups is 2. The molecule has 2 aliphatic rings. The summed E-state index contributed by atoms with van der Waals surface area (Å²) in [7, 11) is 0. The highest BCUT2D eigenvalue weighted by atomic mass is 32.2. The number of thiocarbonyl (C=S) groups is 1. The highest BCUT2D eigenvalue weighted by molar-refractivity contribution is 8.00. The van der Waals surface area contributed by atoms with Crippen molar-refractivity contribution in [2.24, 2.45) is 0 Å². The summed E-state index contributed by atoms with van der Waals surface area (Å²) >= 11 is 8.48. The third kappa shape index (κ3) is 3.96. The van der Waals surface area contributed by atoms with Crippen molar-refractivity contribution in [1.29, 1.82) is 0 Å². The molecule has 0 radical (unpaired) electrons. The largest absolute Gasteiger partial charge is 0.272 e. The minimum absolute atomic E-state index is 0.0512. The van der Waals surface area contributed by atoms with Gasteiger partial charge in [0.15, 0.2) is 0 Å². The Morgan fingerprint density at radius 2 is 1.18 bits per heavy atom. The molecule has 0 aromatic heterocycles. The molecule has 144 valence electrons. The summed E-state index contributed by atoms with van der Waals surface area (Å²) in [4.78, 5) is 24.7. The van der Waals surface area contributed by atoms with E-state index in [1.165, 1.54) is 33.5 Å². The zero-order valence-electron chi connectivity index (χ0n) is 14.8. The lowest BCUT2D eigenvalue weighted by Gasteiger charge is -2.30. The van der Waals surface area contributed by atoms with E-state index in [-0.39, 0.29) is 27.7 Å². The predicted molar refractivity (Wildman–Crippen MR) is 116 cm³/mol. The zero-order chi connectivity index (χ0) is 19.5. The first-order chi connectivity index (χ1) is 13.6. The number of hydrogen-bond acceptors (Lipinski definition) is 5. The van der Waals surface area contributed by atoms with E-state index < -0.39 is 0 Å². The van der Waals surface area contributed by atoms with Gasteiger partial charge < -0.3 is 0 Å². The molecule has 2 amide bonds. The molecule has 2 saturated heterocycles. The van der Waals surface area contributed by atoms with Crippen LogP contribution in [0.1, 0.15) is 21.9 Å². The van der Waals surface area contributed by atoms with Gasteiger partial charge in [0.25, 0.3) is 11.8 Å². The molecule has 2 heterocycles. The Labute approximate surface area is 177 Å². The Kier molecular flexibility index (Phi) is 5.74. The van der Waals surface area contributed by atoms with Crippen molar-refractivity contribution in [2.75, 3.05) is 11.5 Å². The third-order valence-electron chi connectivity index (χ3n) is 4.35. The molecule has 9 heteroatoms. The molecule has 6 nitrogen and oxygen atoms in total. The van der Waals surface area contributed by atoms with Crippen LogP contribution < -0.4 is 10.9 Å². The smallest absolute Gasteiger partial charge is 0.252 e. The Morgan fingerprint density at radius 3 is 1.57 bits per heavy atom. The molecule has 4 rings (SSSR count). The van der Waals surface area contributed by atoms with E-state index in [0.29, 0.717) is 11.5 Å². The van der Waals surface area contributed by atoms with Crippen molar-refractivity contribution >= 4 is 52.7 Å². The Morgan fingerprint density at radius 1 is 0.786 bits per heavy atom. The number of rotatable bonds is 4. The van der Waals surface area contributed by atoms with E-state index in [9.17, 15) is 9.59 Å². The molecular formula is C19H18N4O2S3. The van der Waals surface area contributed by atoms with Gasteiger partial charge in [-0.15, -0.1) is 23.5 Å². The number of carbonyl (C=O) groups is 2. The molecular weight excluding hydrogens is 412 g/mol. The van der Waals surface area contributed by atoms with Gasteiger partial charge in [-0.25, -0.2) is 10.0 Å². The van der Waals surface area contributed by atoms with Crippen LogP contribution in [0, 0.1) is 0 Å². The molecule has 0 saturated carbocycles. The fraction of sp³-hybridized carbons (Fsp3) is 0.211. The first-order valence-corrected chi connectivity index (χ1v) is 11.2. The summed E-state index contributed by atoms with van der Waals surface area (Å²) in [5, 5.41) is 2.94. The van der Waals surface area contributed by atoms with Gasteiger partial charge in [0, 0.05) is 0 Å². The fourth-order valence-electron chi connectivity index (χ4n) is 3.06. The topological polar surface area (TPSA) is 64.7 Å². The first-order valence-electron chi connectivity index (χ1n) is 8.68. The number of hydrogen-bond donors (Lipinski definition) is 2. The maximum absolute atomic E-state index is 12.4. The Balaban J connectivity index is 1.45. The highest BCUT2D eigenvalue weighted by Crippen LogP contribution is 2.38. The lowest BCUT2D eigenvalue weighted by Crippen LogP contribution is -2.54. The van der Waals surface area contributed by atoms with Crippen molar-refractivity contribution < 1.29 is 9.59 Å². The van der Waals surface area contributed by atoms with E-state index in [1.54, 1.807) is 0 Å². The normalized spacial score (nSPS) is 21.9. The van der Waals surface area contributed by atoms with Crippen LogP contribution in [0.15, 0.2) is 60.7 Å². The lowest BCUT2D eigenvalue weighted by molar-refractivity contribution is -0.130. The second-order valence-electron chi connectivity index (χ2n) is 6.23. The molecule has 0 bridgehead atoms. The lowest BCUT2D eigenvalue weighted by atomic mass is 10.2. The maximum Gasteiger partial charge on any atom is 0.252 e. The minimum Gasteiger partial charge on any atom is -0.272 e. The fourth-order valence-corrected chi connectivity index (χ4v) is 5.48. The number of amides is 2. The highest BCUT2D eigenvalue weighted by Gasteiger charge is 2.36. The molecule has 28 heavy (non-hydrogen) atoms.